The van der Waals surface area contributed by atoms with Gasteiger partial charge in [-0.2, -0.15) is 0 Å². The average molecular weight is 384 g/mol. The minimum Gasteiger partial charge on any atom is -0.294 e. The second kappa shape index (κ2) is 7.39. The standard InChI is InChI=1S/C20H21N3OS2/c1-3-10-23-19(24)18-17(21-20(23)25-2)15-9-11-22(13-16(15)26-18)12-14-7-5-4-6-8-14/h3-8H,1,9-13H2,2H3. The lowest BCUT2D eigenvalue weighted by Crippen LogP contribution is -2.29. The van der Waals surface area contributed by atoms with Crippen LogP contribution in [0.4, 0.5) is 0 Å². The third kappa shape index (κ3) is 3.13. The van der Waals surface area contributed by atoms with Crippen molar-refractivity contribution in [1.82, 2.24) is 14.5 Å². The van der Waals surface area contributed by atoms with Crippen LogP contribution in [0.25, 0.3) is 10.2 Å². The molecule has 1 aliphatic rings. The summed E-state index contributed by atoms with van der Waals surface area (Å²) < 4.78 is 2.51. The fraction of sp³-hybridized carbons (Fsp3) is 0.300. The van der Waals surface area contributed by atoms with Crippen LogP contribution in [0.2, 0.25) is 0 Å². The van der Waals surface area contributed by atoms with E-state index in [4.69, 9.17) is 4.98 Å². The van der Waals surface area contributed by atoms with Crippen molar-refractivity contribution in [3.8, 4) is 0 Å². The Bertz CT molecular complexity index is 1010. The van der Waals surface area contributed by atoms with Gasteiger partial charge in [0.25, 0.3) is 5.56 Å². The molecule has 1 aliphatic heterocycles. The lowest BCUT2D eigenvalue weighted by atomic mass is 10.1. The van der Waals surface area contributed by atoms with Gasteiger partial charge in [0, 0.05) is 31.1 Å². The van der Waals surface area contributed by atoms with E-state index in [2.05, 4.69) is 35.7 Å². The minimum absolute atomic E-state index is 0.0632. The number of thioether (sulfide) groups is 1. The number of aromatic nitrogens is 2. The molecule has 0 amide bonds. The molecule has 6 heteroatoms. The topological polar surface area (TPSA) is 38.1 Å². The number of hydrogen-bond donors (Lipinski definition) is 0. The van der Waals surface area contributed by atoms with Crippen molar-refractivity contribution >= 4 is 33.3 Å². The quantitative estimate of drug-likeness (QED) is 0.380. The van der Waals surface area contributed by atoms with Gasteiger partial charge in [-0.25, -0.2) is 4.98 Å². The van der Waals surface area contributed by atoms with Crippen LogP contribution in [0.3, 0.4) is 0 Å². The highest BCUT2D eigenvalue weighted by Gasteiger charge is 2.24. The van der Waals surface area contributed by atoms with E-state index in [-0.39, 0.29) is 5.56 Å². The molecule has 0 aliphatic carbocycles. The monoisotopic (exact) mass is 383 g/mol. The number of rotatable bonds is 5. The van der Waals surface area contributed by atoms with E-state index < -0.39 is 0 Å². The molecule has 2 aromatic heterocycles. The van der Waals surface area contributed by atoms with Gasteiger partial charge in [0.2, 0.25) is 0 Å². The molecule has 3 aromatic rings. The Labute approximate surface area is 161 Å². The summed E-state index contributed by atoms with van der Waals surface area (Å²) in [5.41, 5.74) is 3.58. The highest BCUT2D eigenvalue weighted by Crippen LogP contribution is 2.33. The molecule has 1 aromatic carbocycles. The number of benzene rings is 1. The van der Waals surface area contributed by atoms with Crippen molar-refractivity contribution in [1.29, 1.82) is 0 Å². The Kier molecular flexibility index (Phi) is 4.98. The maximum Gasteiger partial charge on any atom is 0.272 e. The first-order valence-electron chi connectivity index (χ1n) is 8.67. The summed E-state index contributed by atoms with van der Waals surface area (Å²) >= 11 is 3.14. The number of thiophene rings is 1. The lowest BCUT2D eigenvalue weighted by Gasteiger charge is -2.26. The molecule has 0 bridgehead atoms. The van der Waals surface area contributed by atoms with Gasteiger partial charge in [0.05, 0.1) is 5.52 Å². The van der Waals surface area contributed by atoms with Gasteiger partial charge in [-0.05, 0) is 23.8 Å². The lowest BCUT2D eigenvalue weighted by molar-refractivity contribution is 0.249. The van der Waals surface area contributed by atoms with E-state index in [0.717, 1.165) is 41.4 Å². The van der Waals surface area contributed by atoms with Crippen molar-refractivity contribution in [3.63, 3.8) is 0 Å². The minimum atomic E-state index is 0.0632. The maximum absolute atomic E-state index is 12.9. The van der Waals surface area contributed by atoms with E-state index in [0.29, 0.717) is 6.54 Å². The van der Waals surface area contributed by atoms with Crippen LogP contribution in [0.1, 0.15) is 16.0 Å². The first-order chi connectivity index (χ1) is 12.7. The summed E-state index contributed by atoms with van der Waals surface area (Å²) in [6.07, 6.45) is 4.67. The molecule has 0 fully saturated rings. The number of hydrogen-bond acceptors (Lipinski definition) is 5. The van der Waals surface area contributed by atoms with Crippen LogP contribution >= 0.6 is 23.1 Å². The second-order valence-corrected chi connectivity index (χ2v) is 8.31. The molecule has 4 rings (SSSR count). The Morgan fingerprint density at radius 1 is 1.35 bits per heavy atom. The Hall–Kier alpha value is -1.89. The summed E-state index contributed by atoms with van der Waals surface area (Å²) in [4.78, 5) is 21.5. The zero-order chi connectivity index (χ0) is 18.1. The second-order valence-electron chi connectivity index (χ2n) is 6.43. The molecule has 0 N–H and O–H groups in total. The Morgan fingerprint density at radius 2 is 2.15 bits per heavy atom. The van der Waals surface area contributed by atoms with Crippen molar-refractivity contribution < 1.29 is 0 Å². The summed E-state index contributed by atoms with van der Waals surface area (Å²) in [7, 11) is 0. The first-order valence-corrected chi connectivity index (χ1v) is 10.7. The van der Waals surface area contributed by atoms with E-state index in [1.54, 1.807) is 22.0 Å². The molecule has 0 saturated heterocycles. The largest absolute Gasteiger partial charge is 0.294 e. The molecule has 3 heterocycles. The predicted molar refractivity (Wildman–Crippen MR) is 110 cm³/mol. The van der Waals surface area contributed by atoms with Crippen LogP contribution in [-0.2, 0) is 26.1 Å². The van der Waals surface area contributed by atoms with E-state index in [9.17, 15) is 4.79 Å². The SMILES string of the molecule is C=CCn1c(SC)nc2c3c(sc2c1=O)CN(Cc1ccccc1)CC3. The molecule has 134 valence electrons. The number of nitrogens with zero attached hydrogens (tertiary/aromatic N) is 3. The maximum atomic E-state index is 12.9. The average Bonchev–Trinajstić information content (AvgIpc) is 3.03. The van der Waals surface area contributed by atoms with Gasteiger partial charge in [0.1, 0.15) is 4.70 Å². The van der Waals surface area contributed by atoms with Crippen LogP contribution in [0.15, 0.2) is 52.9 Å². The van der Waals surface area contributed by atoms with Crippen LogP contribution in [0, 0.1) is 0 Å². The van der Waals surface area contributed by atoms with Gasteiger partial charge in [-0.1, -0.05) is 48.2 Å². The Balaban J connectivity index is 1.71. The van der Waals surface area contributed by atoms with E-state index >= 15 is 0 Å². The van der Waals surface area contributed by atoms with Crippen LogP contribution < -0.4 is 5.56 Å². The predicted octanol–water partition coefficient (Wildman–Crippen LogP) is 3.92. The number of fused-ring (bicyclic) bond motifs is 3. The molecule has 0 saturated carbocycles. The summed E-state index contributed by atoms with van der Waals surface area (Å²) in [6, 6.07) is 10.6. The van der Waals surface area contributed by atoms with Gasteiger partial charge in [-0.15, -0.1) is 17.9 Å². The molecular weight excluding hydrogens is 362 g/mol. The van der Waals surface area contributed by atoms with E-state index in [1.807, 2.05) is 12.3 Å². The van der Waals surface area contributed by atoms with Gasteiger partial charge in [0.15, 0.2) is 5.16 Å². The molecule has 0 atom stereocenters. The van der Waals surface area contributed by atoms with Crippen molar-refractivity contribution in [2.45, 2.75) is 31.2 Å². The zero-order valence-corrected chi connectivity index (χ0v) is 16.4. The fourth-order valence-corrected chi connectivity index (χ4v) is 5.33. The summed E-state index contributed by atoms with van der Waals surface area (Å²) in [6.45, 7) is 7.10. The number of allylic oxidation sites excluding steroid dienone is 1. The van der Waals surface area contributed by atoms with Gasteiger partial charge < -0.3 is 0 Å². The third-order valence-corrected chi connectivity index (χ3v) is 6.60. The zero-order valence-electron chi connectivity index (χ0n) is 14.8. The molecule has 26 heavy (non-hydrogen) atoms. The third-order valence-electron chi connectivity index (χ3n) is 4.73. The van der Waals surface area contributed by atoms with Crippen molar-refractivity contribution in [3.05, 3.63) is 69.3 Å². The summed E-state index contributed by atoms with van der Waals surface area (Å²) in [5, 5.41) is 0.773. The highest BCUT2D eigenvalue weighted by molar-refractivity contribution is 7.98. The van der Waals surface area contributed by atoms with Gasteiger partial charge >= 0.3 is 0 Å². The normalized spacial score (nSPS) is 14.5. The van der Waals surface area contributed by atoms with Crippen molar-refractivity contribution in [2.24, 2.45) is 0 Å². The van der Waals surface area contributed by atoms with Gasteiger partial charge in [-0.3, -0.25) is 14.3 Å². The first kappa shape index (κ1) is 17.5. The van der Waals surface area contributed by atoms with E-state index in [1.165, 1.54) is 27.8 Å². The molecular formula is C20H21N3OS2. The Morgan fingerprint density at radius 3 is 2.88 bits per heavy atom. The molecule has 4 nitrogen and oxygen atoms in total. The molecule has 0 radical (unpaired) electrons. The summed E-state index contributed by atoms with van der Waals surface area (Å²) in [5.74, 6) is 0. The fourth-order valence-electron chi connectivity index (χ4n) is 3.49. The van der Waals surface area contributed by atoms with Crippen LogP contribution in [0.5, 0.6) is 0 Å². The molecule has 0 spiro atoms. The van der Waals surface area contributed by atoms with Crippen molar-refractivity contribution in [2.75, 3.05) is 12.8 Å². The smallest absolute Gasteiger partial charge is 0.272 e. The molecule has 0 unspecified atom stereocenters. The highest BCUT2D eigenvalue weighted by atomic mass is 32.2. The van der Waals surface area contributed by atoms with Crippen LogP contribution in [-0.4, -0.2) is 27.3 Å².